The van der Waals surface area contributed by atoms with Gasteiger partial charge in [0.15, 0.2) is 0 Å². The zero-order valence-electron chi connectivity index (χ0n) is 16.8. The van der Waals surface area contributed by atoms with Crippen LogP contribution in [0.2, 0.25) is 0 Å². The van der Waals surface area contributed by atoms with E-state index in [1.165, 1.54) is 5.01 Å². The van der Waals surface area contributed by atoms with Crippen LogP contribution >= 0.6 is 0 Å². The second-order valence-corrected chi connectivity index (χ2v) is 8.53. The van der Waals surface area contributed by atoms with Crippen molar-refractivity contribution in [2.75, 3.05) is 17.6 Å². The van der Waals surface area contributed by atoms with Crippen LogP contribution in [-0.2, 0) is 14.8 Å². The number of para-hydroxylation sites is 1. The maximum atomic E-state index is 12.6. The van der Waals surface area contributed by atoms with Crippen LogP contribution < -0.4 is 9.46 Å². The first kappa shape index (κ1) is 20.9. The van der Waals surface area contributed by atoms with Crippen molar-refractivity contribution in [3.8, 4) is 5.75 Å². The van der Waals surface area contributed by atoms with Crippen LogP contribution in [0.5, 0.6) is 5.75 Å². The van der Waals surface area contributed by atoms with Crippen molar-refractivity contribution < 1.29 is 17.9 Å². The van der Waals surface area contributed by atoms with Crippen LogP contribution in [0.4, 0.5) is 5.69 Å². The van der Waals surface area contributed by atoms with Crippen molar-refractivity contribution in [3.63, 3.8) is 0 Å². The summed E-state index contributed by atoms with van der Waals surface area (Å²) in [5.74, 6) is 0.641. The van der Waals surface area contributed by atoms with Crippen LogP contribution in [0.15, 0.2) is 53.6 Å². The summed E-state index contributed by atoms with van der Waals surface area (Å²) in [5.41, 5.74) is 2.69. The highest BCUT2D eigenvalue weighted by molar-refractivity contribution is 7.92. The lowest BCUT2D eigenvalue weighted by Crippen LogP contribution is -2.26. The van der Waals surface area contributed by atoms with E-state index < -0.39 is 10.0 Å². The molecule has 8 heteroatoms. The summed E-state index contributed by atoms with van der Waals surface area (Å²) in [6.07, 6.45) is 1.90. The molecule has 0 fully saturated rings. The van der Waals surface area contributed by atoms with Crippen molar-refractivity contribution in [2.24, 2.45) is 5.10 Å². The van der Waals surface area contributed by atoms with Crippen LogP contribution in [0.3, 0.4) is 0 Å². The third-order valence-electron chi connectivity index (χ3n) is 4.56. The predicted molar refractivity (Wildman–Crippen MR) is 114 cm³/mol. The maximum absolute atomic E-state index is 12.6. The fraction of sp³-hybridized carbons (Fsp3) is 0.333. The van der Waals surface area contributed by atoms with Gasteiger partial charge in [0.2, 0.25) is 15.9 Å². The molecule has 1 aliphatic heterocycles. The van der Waals surface area contributed by atoms with E-state index in [4.69, 9.17) is 4.74 Å². The van der Waals surface area contributed by atoms with Gasteiger partial charge in [0.25, 0.3) is 0 Å². The minimum Gasteiger partial charge on any atom is -0.494 e. The van der Waals surface area contributed by atoms with E-state index in [-0.39, 0.29) is 11.9 Å². The zero-order valence-corrected chi connectivity index (χ0v) is 17.6. The first-order chi connectivity index (χ1) is 13.8. The summed E-state index contributed by atoms with van der Waals surface area (Å²) in [6.45, 7) is 4.27. The van der Waals surface area contributed by atoms with E-state index >= 15 is 0 Å². The topological polar surface area (TPSA) is 88.1 Å². The maximum Gasteiger partial charge on any atom is 0.242 e. The van der Waals surface area contributed by atoms with Gasteiger partial charge in [-0.15, -0.1) is 0 Å². The molecule has 0 aliphatic carbocycles. The largest absolute Gasteiger partial charge is 0.494 e. The van der Waals surface area contributed by atoms with Crippen LogP contribution in [0, 0.1) is 0 Å². The standard InChI is InChI=1S/C21H25N3O4S/c1-4-21(25)24-20(15-9-8-10-16(13-15)28-5-2)14-19(22-24)17-11-6-7-12-18(17)23-29(3,26)27/h6-13,20,23H,4-5,14H2,1-3H3. The molecule has 1 N–H and O–H groups in total. The van der Waals surface area contributed by atoms with Gasteiger partial charge >= 0.3 is 0 Å². The lowest BCUT2D eigenvalue weighted by Gasteiger charge is -2.22. The van der Waals surface area contributed by atoms with Gasteiger partial charge in [-0.3, -0.25) is 9.52 Å². The van der Waals surface area contributed by atoms with Crippen molar-refractivity contribution in [1.29, 1.82) is 0 Å². The number of sulfonamides is 1. The molecule has 2 aromatic rings. The number of carbonyl (C=O) groups is 1. The van der Waals surface area contributed by atoms with Crippen molar-refractivity contribution in [2.45, 2.75) is 32.7 Å². The molecule has 0 saturated carbocycles. The molecule has 154 valence electrons. The summed E-state index contributed by atoms with van der Waals surface area (Å²) >= 11 is 0. The molecular formula is C21H25N3O4S. The van der Waals surface area contributed by atoms with E-state index in [1.54, 1.807) is 25.1 Å². The second kappa shape index (κ2) is 8.65. The number of amides is 1. The summed E-state index contributed by atoms with van der Waals surface area (Å²) < 4.78 is 31.6. The van der Waals surface area contributed by atoms with Crippen LogP contribution in [-0.4, -0.2) is 37.9 Å². The smallest absolute Gasteiger partial charge is 0.242 e. The van der Waals surface area contributed by atoms with Gasteiger partial charge in [-0.2, -0.15) is 5.10 Å². The van der Waals surface area contributed by atoms with Crippen LogP contribution in [0.25, 0.3) is 0 Å². The van der Waals surface area contributed by atoms with Gasteiger partial charge < -0.3 is 4.74 Å². The Morgan fingerprint density at radius 2 is 1.97 bits per heavy atom. The van der Waals surface area contributed by atoms with Gasteiger partial charge in [0, 0.05) is 18.4 Å². The van der Waals surface area contributed by atoms with Gasteiger partial charge in [-0.1, -0.05) is 37.3 Å². The fourth-order valence-corrected chi connectivity index (χ4v) is 3.90. The Balaban J connectivity index is 1.99. The Labute approximate surface area is 171 Å². The molecule has 1 atom stereocenters. The summed E-state index contributed by atoms with van der Waals surface area (Å²) in [7, 11) is -3.44. The Kier molecular flexibility index (Phi) is 6.22. The second-order valence-electron chi connectivity index (χ2n) is 6.78. The molecule has 1 aliphatic rings. The Morgan fingerprint density at radius 3 is 2.66 bits per heavy atom. The lowest BCUT2D eigenvalue weighted by molar-refractivity contribution is -0.132. The lowest BCUT2D eigenvalue weighted by atomic mass is 9.97. The number of hydrazone groups is 1. The Hall–Kier alpha value is -2.87. The summed E-state index contributed by atoms with van der Waals surface area (Å²) in [4.78, 5) is 12.6. The zero-order chi connectivity index (χ0) is 21.0. The Morgan fingerprint density at radius 1 is 1.21 bits per heavy atom. The minimum atomic E-state index is -3.44. The summed E-state index contributed by atoms with van der Waals surface area (Å²) in [6, 6.07) is 14.4. The van der Waals surface area contributed by atoms with Crippen molar-refractivity contribution in [1.82, 2.24) is 5.01 Å². The number of hydrogen-bond donors (Lipinski definition) is 1. The third-order valence-corrected chi connectivity index (χ3v) is 5.15. The van der Waals surface area contributed by atoms with E-state index in [0.29, 0.717) is 36.4 Å². The molecule has 0 saturated heterocycles. The fourth-order valence-electron chi connectivity index (χ4n) is 3.33. The number of benzene rings is 2. The molecule has 2 aromatic carbocycles. The molecule has 0 radical (unpaired) electrons. The number of rotatable bonds is 7. The minimum absolute atomic E-state index is 0.0969. The first-order valence-corrected chi connectivity index (χ1v) is 11.4. The van der Waals surface area contributed by atoms with E-state index in [2.05, 4.69) is 9.82 Å². The molecule has 1 unspecified atom stereocenters. The van der Waals surface area contributed by atoms with Gasteiger partial charge in [-0.05, 0) is 30.7 Å². The molecule has 1 amide bonds. The molecule has 0 bridgehead atoms. The Bertz CT molecular complexity index is 1030. The highest BCUT2D eigenvalue weighted by atomic mass is 32.2. The SMILES string of the molecule is CCOc1cccc(C2CC(c3ccccc3NS(C)(=O)=O)=NN2C(=O)CC)c1. The van der Waals surface area contributed by atoms with Gasteiger partial charge in [0.05, 0.1) is 30.3 Å². The average molecular weight is 416 g/mol. The van der Waals surface area contributed by atoms with Gasteiger partial charge in [0.1, 0.15) is 5.75 Å². The normalized spacial score (nSPS) is 16.4. The molecule has 7 nitrogen and oxygen atoms in total. The monoisotopic (exact) mass is 415 g/mol. The van der Waals surface area contributed by atoms with Crippen molar-refractivity contribution >= 4 is 27.3 Å². The predicted octanol–water partition coefficient (Wildman–Crippen LogP) is 3.54. The molecule has 0 spiro atoms. The quantitative estimate of drug-likeness (QED) is 0.749. The molecule has 0 aromatic heterocycles. The van der Waals surface area contributed by atoms with Crippen molar-refractivity contribution in [3.05, 3.63) is 59.7 Å². The highest BCUT2D eigenvalue weighted by Gasteiger charge is 2.33. The number of nitrogens with one attached hydrogen (secondary N) is 1. The van der Waals surface area contributed by atoms with Gasteiger partial charge in [-0.25, -0.2) is 13.4 Å². The highest BCUT2D eigenvalue weighted by Crippen LogP contribution is 2.36. The van der Waals surface area contributed by atoms with Crippen LogP contribution in [0.1, 0.15) is 43.9 Å². The van der Waals surface area contributed by atoms with E-state index in [9.17, 15) is 13.2 Å². The number of anilines is 1. The molecule has 3 rings (SSSR count). The molecular weight excluding hydrogens is 390 g/mol. The molecule has 1 heterocycles. The third kappa shape index (κ3) is 4.95. The average Bonchev–Trinajstić information content (AvgIpc) is 3.12. The number of ether oxygens (including phenoxy) is 1. The first-order valence-electron chi connectivity index (χ1n) is 9.52. The molecule has 29 heavy (non-hydrogen) atoms. The number of carbonyl (C=O) groups excluding carboxylic acids is 1. The number of hydrogen-bond acceptors (Lipinski definition) is 5. The van der Waals surface area contributed by atoms with E-state index in [1.807, 2.05) is 37.3 Å². The summed E-state index contributed by atoms with van der Waals surface area (Å²) in [5, 5.41) is 6.08. The number of nitrogens with zero attached hydrogens (tertiary/aromatic N) is 2. The van der Waals surface area contributed by atoms with E-state index in [0.717, 1.165) is 17.6 Å².